The summed E-state index contributed by atoms with van der Waals surface area (Å²) >= 11 is 3.17. The number of hydrogen-bond acceptors (Lipinski definition) is 5. The van der Waals surface area contributed by atoms with Crippen LogP contribution < -0.4 is 5.73 Å². The second kappa shape index (κ2) is 6.21. The molecule has 5 heteroatoms. The third-order valence-corrected chi connectivity index (χ3v) is 3.37. The van der Waals surface area contributed by atoms with Crippen LogP contribution in [0.5, 0.6) is 0 Å². The van der Waals surface area contributed by atoms with Gasteiger partial charge >= 0.3 is 0 Å². The van der Waals surface area contributed by atoms with Gasteiger partial charge < -0.3 is 5.73 Å². The maximum absolute atomic E-state index is 5.66. The highest BCUT2D eigenvalue weighted by atomic mass is 32.2. The maximum Gasteiger partial charge on any atom is 0.131 e. The molecule has 0 saturated heterocycles. The van der Waals surface area contributed by atoms with Gasteiger partial charge in [0.2, 0.25) is 0 Å². The van der Waals surface area contributed by atoms with E-state index < -0.39 is 0 Å². The van der Waals surface area contributed by atoms with Crippen molar-refractivity contribution in [2.75, 3.05) is 11.5 Å². The average molecular weight is 217 g/mol. The molecule has 0 aliphatic heterocycles. The van der Waals surface area contributed by atoms with Crippen LogP contribution in [0, 0.1) is 0 Å². The zero-order valence-electron chi connectivity index (χ0n) is 7.82. The minimum atomic E-state index is 0.767. The van der Waals surface area contributed by atoms with Crippen molar-refractivity contribution in [3.8, 4) is 0 Å². The first-order valence-electron chi connectivity index (χ1n) is 4.49. The molecule has 1 rings (SSSR count). The predicted octanol–water partition coefficient (Wildman–Crippen LogP) is 2.54. The average Bonchev–Trinajstić information content (AvgIpc) is 2.52. The molecule has 0 spiro atoms. The Kier molecular flexibility index (Phi) is 5.15. The molecule has 13 heavy (non-hydrogen) atoms. The van der Waals surface area contributed by atoms with E-state index in [1.54, 1.807) is 0 Å². The minimum Gasteiger partial charge on any atom is -0.388 e. The maximum atomic E-state index is 5.66. The first-order valence-corrected chi connectivity index (χ1v) is 6.42. The lowest BCUT2D eigenvalue weighted by atomic mass is 10.3. The van der Waals surface area contributed by atoms with E-state index in [0.717, 1.165) is 16.4 Å². The Morgan fingerprint density at radius 1 is 1.46 bits per heavy atom. The highest BCUT2D eigenvalue weighted by Gasteiger charge is 2.02. The highest BCUT2D eigenvalue weighted by molar-refractivity contribution is 7.98. The molecule has 1 heterocycles. The van der Waals surface area contributed by atoms with Gasteiger partial charge in [0.25, 0.3) is 0 Å². The van der Waals surface area contributed by atoms with Crippen molar-refractivity contribution in [2.45, 2.75) is 31.9 Å². The summed E-state index contributed by atoms with van der Waals surface area (Å²) in [6.45, 7) is 2.22. The van der Waals surface area contributed by atoms with Crippen LogP contribution in [0.3, 0.4) is 0 Å². The summed E-state index contributed by atoms with van der Waals surface area (Å²) in [5, 5.41) is 4.72. The Labute approximate surface area is 87.3 Å². The van der Waals surface area contributed by atoms with E-state index >= 15 is 0 Å². The molecule has 2 N–H and O–H groups in total. The summed E-state index contributed by atoms with van der Waals surface area (Å²) in [4.78, 5) is 0. The van der Waals surface area contributed by atoms with E-state index in [2.05, 4.69) is 16.5 Å². The van der Waals surface area contributed by atoms with Gasteiger partial charge in [0.05, 0.1) is 0 Å². The van der Waals surface area contributed by atoms with Crippen LogP contribution in [-0.2, 0) is 5.75 Å². The molecule has 0 saturated carbocycles. The summed E-state index contributed by atoms with van der Waals surface area (Å²) in [5.74, 6) is 2.11. The molecule has 1 aromatic rings. The molecule has 0 unspecified atom stereocenters. The van der Waals surface area contributed by atoms with Crippen molar-refractivity contribution in [3.63, 3.8) is 0 Å². The van der Waals surface area contributed by atoms with Crippen LogP contribution in [0.2, 0.25) is 0 Å². The Bertz CT molecular complexity index is 237. The van der Waals surface area contributed by atoms with Gasteiger partial charge in [0.15, 0.2) is 0 Å². The van der Waals surface area contributed by atoms with E-state index in [1.165, 1.54) is 36.5 Å². The zero-order valence-corrected chi connectivity index (χ0v) is 9.46. The molecule has 0 aliphatic rings. The van der Waals surface area contributed by atoms with Gasteiger partial charge in [-0.05, 0) is 12.2 Å². The third kappa shape index (κ3) is 3.95. The van der Waals surface area contributed by atoms with Crippen molar-refractivity contribution < 1.29 is 0 Å². The molecule has 1 aromatic heterocycles. The molecule has 0 fully saturated rings. The lowest BCUT2D eigenvalue weighted by Gasteiger charge is -1.98. The van der Waals surface area contributed by atoms with Crippen LogP contribution >= 0.6 is 23.3 Å². The summed E-state index contributed by atoms with van der Waals surface area (Å²) < 4.78 is 3.79. The first-order chi connectivity index (χ1) is 6.34. The topological polar surface area (TPSA) is 51.8 Å². The zero-order chi connectivity index (χ0) is 9.52. The highest BCUT2D eigenvalue weighted by Crippen LogP contribution is 2.19. The number of rotatable bonds is 6. The van der Waals surface area contributed by atoms with Crippen LogP contribution in [0.15, 0.2) is 0 Å². The number of hydrogen-bond donors (Lipinski definition) is 1. The Morgan fingerprint density at radius 2 is 2.31 bits per heavy atom. The first kappa shape index (κ1) is 10.8. The van der Waals surface area contributed by atoms with E-state index in [0.29, 0.717) is 0 Å². The van der Waals surface area contributed by atoms with Gasteiger partial charge in [-0.25, -0.2) is 0 Å². The van der Waals surface area contributed by atoms with Gasteiger partial charge in [0, 0.05) is 17.3 Å². The van der Waals surface area contributed by atoms with Crippen molar-refractivity contribution in [3.05, 3.63) is 5.69 Å². The lowest BCUT2D eigenvalue weighted by Crippen LogP contribution is -1.90. The summed E-state index contributed by atoms with van der Waals surface area (Å²) in [5.41, 5.74) is 6.61. The standard InChI is InChI=1S/C8H15N3S2/c1-2-3-4-5-12-6-7-8(9)13-11-10-7/h2-6,9H2,1H3. The monoisotopic (exact) mass is 217 g/mol. The normalized spacial score (nSPS) is 10.5. The number of anilines is 1. The van der Waals surface area contributed by atoms with Crippen molar-refractivity contribution in [1.82, 2.24) is 9.59 Å². The summed E-state index contributed by atoms with van der Waals surface area (Å²) in [6, 6.07) is 0. The number of unbranched alkanes of at least 4 members (excludes halogenated alkanes) is 2. The fourth-order valence-electron chi connectivity index (χ4n) is 0.939. The van der Waals surface area contributed by atoms with E-state index in [9.17, 15) is 0 Å². The minimum absolute atomic E-state index is 0.767. The van der Waals surface area contributed by atoms with Gasteiger partial charge in [-0.15, -0.1) is 5.10 Å². The molecule has 74 valence electrons. The quantitative estimate of drug-likeness (QED) is 0.744. The fourth-order valence-corrected chi connectivity index (χ4v) is 2.43. The number of thioether (sulfide) groups is 1. The molecule has 0 bridgehead atoms. The summed E-state index contributed by atoms with van der Waals surface area (Å²) in [7, 11) is 0. The van der Waals surface area contributed by atoms with Crippen molar-refractivity contribution in [2.24, 2.45) is 0 Å². The number of nitrogens with zero attached hydrogens (tertiary/aromatic N) is 2. The van der Waals surface area contributed by atoms with E-state index in [-0.39, 0.29) is 0 Å². The molecule has 0 atom stereocenters. The van der Waals surface area contributed by atoms with Gasteiger partial charge in [-0.1, -0.05) is 24.3 Å². The number of nitrogen functional groups attached to an aromatic ring is 1. The number of aromatic nitrogens is 2. The largest absolute Gasteiger partial charge is 0.388 e. The molecule has 0 aliphatic carbocycles. The third-order valence-electron chi connectivity index (χ3n) is 1.72. The molecule has 3 nitrogen and oxygen atoms in total. The van der Waals surface area contributed by atoms with Crippen LogP contribution in [-0.4, -0.2) is 15.3 Å². The Hall–Kier alpha value is -0.290. The van der Waals surface area contributed by atoms with Crippen LogP contribution in [0.25, 0.3) is 0 Å². The van der Waals surface area contributed by atoms with E-state index in [4.69, 9.17) is 5.73 Å². The lowest BCUT2D eigenvalue weighted by molar-refractivity contribution is 0.778. The summed E-state index contributed by atoms with van der Waals surface area (Å²) in [6.07, 6.45) is 3.89. The predicted molar refractivity (Wildman–Crippen MR) is 60.0 cm³/mol. The molecule has 0 radical (unpaired) electrons. The molecule has 0 aromatic carbocycles. The second-order valence-electron chi connectivity index (χ2n) is 2.84. The second-order valence-corrected chi connectivity index (χ2v) is 4.73. The van der Waals surface area contributed by atoms with Crippen LogP contribution in [0.1, 0.15) is 31.9 Å². The smallest absolute Gasteiger partial charge is 0.131 e. The van der Waals surface area contributed by atoms with Gasteiger partial charge in [0.1, 0.15) is 10.7 Å². The Balaban J connectivity index is 2.10. The van der Waals surface area contributed by atoms with Crippen LogP contribution in [0.4, 0.5) is 5.00 Å². The molecule has 0 amide bonds. The SMILES string of the molecule is CCCCCSCc1nnsc1N. The van der Waals surface area contributed by atoms with Gasteiger partial charge in [-0.2, -0.15) is 11.8 Å². The molecular weight excluding hydrogens is 202 g/mol. The van der Waals surface area contributed by atoms with Gasteiger partial charge in [-0.3, -0.25) is 0 Å². The molecular formula is C8H15N3S2. The van der Waals surface area contributed by atoms with Crippen molar-refractivity contribution >= 4 is 28.3 Å². The number of nitrogens with two attached hydrogens (primary N) is 1. The fraction of sp³-hybridized carbons (Fsp3) is 0.750. The Morgan fingerprint density at radius 3 is 2.92 bits per heavy atom. The van der Waals surface area contributed by atoms with Crippen molar-refractivity contribution in [1.29, 1.82) is 0 Å². The van der Waals surface area contributed by atoms with E-state index in [1.807, 2.05) is 11.8 Å².